The van der Waals surface area contributed by atoms with Gasteiger partial charge in [-0.1, -0.05) is 0 Å². The molecule has 79 valence electrons. The molecule has 0 unspecified atom stereocenters. The van der Waals surface area contributed by atoms with Crippen LogP contribution >= 0.6 is 0 Å². The van der Waals surface area contributed by atoms with Gasteiger partial charge in [-0.15, -0.1) is 0 Å². The number of piperidine rings is 1. The summed E-state index contributed by atoms with van der Waals surface area (Å²) in [6.45, 7) is 3.58. The molecule has 0 bridgehead atoms. The fourth-order valence-corrected chi connectivity index (χ4v) is 1.50. The lowest BCUT2D eigenvalue weighted by molar-refractivity contribution is -0.131. The highest BCUT2D eigenvalue weighted by atomic mass is 16.2. The molecule has 1 heterocycles. The maximum absolute atomic E-state index is 11.5. The molecule has 0 atom stereocenters. The van der Waals surface area contributed by atoms with Crippen molar-refractivity contribution in [1.82, 2.24) is 10.2 Å². The lowest BCUT2D eigenvalue weighted by Gasteiger charge is -2.26. The maximum Gasteiger partial charge on any atom is 0.224 e. The molecule has 1 radical (unpaired) electrons. The Morgan fingerprint density at radius 1 is 1.36 bits per heavy atom. The summed E-state index contributed by atoms with van der Waals surface area (Å²) in [6.07, 6.45) is 4.61. The second-order valence-corrected chi connectivity index (χ2v) is 3.48. The fourth-order valence-electron chi connectivity index (χ4n) is 1.50. The van der Waals surface area contributed by atoms with E-state index in [1.165, 1.54) is 6.92 Å². The average molecular weight is 197 g/mol. The Hall–Kier alpha value is -1.06. The molecule has 1 aliphatic heterocycles. The van der Waals surface area contributed by atoms with Crippen molar-refractivity contribution in [2.24, 2.45) is 0 Å². The SMILES string of the molecule is CC(=O)NCCC(=O)N1CC[CH]CC1. The van der Waals surface area contributed by atoms with Crippen molar-refractivity contribution in [2.75, 3.05) is 19.6 Å². The highest BCUT2D eigenvalue weighted by Crippen LogP contribution is 2.08. The van der Waals surface area contributed by atoms with E-state index in [4.69, 9.17) is 0 Å². The molecule has 0 aromatic heterocycles. The summed E-state index contributed by atoms with van der Waals surface area (Å²) in [4.78, 5) is 24.0. The van der Waals surface area contributed by atoms with E-state index in [1.807, 2.05) is 4.90 Å². The van der Waals surface area contributed by atoms with Crippen LogP contribution in [-0.4, -0.2) is 36.3 Å². The molecule has 0 aromatic carbocycles. The zero-order chi connectivity index (χ0) is 10.4. The number of nitrogens with zero attached hydrogens (tertiary/aromatic N) is 1. The molecule has 0 aromatic rings. The number of carbonyl (C=O) groups excluding carboxylic acids is 2. The van der Waals surface area contributed by atoms with Gasteiger partial charge in [-0.3, -0.25) is 9.59 Å². The van der Waals surface area contributed by atoms with E-state index in [9.17, 15) is 9.59 Å². The Morgan fingerprint density at radius 2 is 2.00 bits per heavy atom. The average Bonchev–Trinajstić information content (AvgIpc) is 2.18. The molecule has 1 N–H and O–H groups in total. The topological polar surface area (TPSA) is 49.4 Å². The second kappa shape index (κ2) is 5.62. The molecule has 14 heavy (non-hydrogen) atoms. The highest BCUT2D eigenvalue weighted by molar-refractivity contribution is 5.78. The third kappa shape index (κ3) is 3.77. The minimum Gasteiger partial charge on any atom is -0.356 e. The fraction of sp³-hybridized carbons (Fsp3) is 0.700. The zero-order valence-electron chi connectivity index (χ0n) is 8.58. The van der Waals surface area contributed by atoms with Crippen LogP contribution in [0.25, 0.3) is 0 Å². The molecule has 0 aliphatic carbocycles. The van der Waals surface area contributed by atoms with Gasteiger partial charge in [0.1, 0.15) is 0 Å². The molecule has 1 fully saturated rings. The minimum atomic E-state index is -0.0789. The normalized spacial score (nSPS) is 16.5. The van der Waals surface area contributed by atoms with Gasteiger partial charge in [-0.05, 0) is 19.3 Å². The quantitative estimate of drug-likeness (QED) is 0.709. The van der Waals surface area contributed by atoms with Crippen LogP contribution in [-0.2, 0) is 9.59 Å². The Labute approximate surface area is 84.7 Å². The first kappa shape index (κ1) is 11.0. The molecule has 1 rings (SSSR count). The first-order valence-electron chi connectivity index (χ1n) is 5.04. The molecule has 1 saturated heterocycles. The van der Waals surface area contributed by atoms with Crippen molar-refractivity contribution in [1.29, 1.82) is 0 Å². The van der Waals surface area contributed by atoms with Gasteiger partial charge in [0.15, 0.2) is 0 Å². The molecule has 1 aliphatic rings. The minimum absolute atomic E-state index is 0.0789. The largest absolute Gasteiger partial charge is 0.356 e. The van der Waals surface area contributed by atoms with E-state index in [0.717, 1.165) is 25.9 Å². The van der Waals surface area contributed by atoms with E-state index >= 15 is 0 Å². The molecule has 0 spiro atoms. The third-order valence-electron chi connectivity index (χ3n) is 2.27. The number of rotatable bonds is 3. The summed E-state index contributed by atoms with van der Waals surface area (Å²) in [5.74, 6) is 0.0663. The van der Waals surface area contributed by atoms with Crippen molar-refractivity contribution in [2.45, 2.75) is 26.2 Å². The Bertz CT molecular complexity index is 210. The number of hydrogen-bond acceptors (Lipinski definition) is 2. The van der Waals surface area contributed by atoms with Gasteiger partial charge in [0.25, 0.3) is 0 Å². The summed E-state index contributed by atoms with van der Waals surface area (Å²) in [6, 6.07) is 0. The summed E-state index contributed by atoms with van der Waals surface area (Å²) < 4.78 is 0. The standard InChI is InChI=1S/C10H17N2O2/c1-9(13)11-6-5-10(14)12-7-3-2-4-8-12/h2H,3-8H2,1H3,(H,11,13). The predicted octanol–water partition coefficient (Wildman–Crippen LogP) is 0.339. The van der Waals surface area contributed by atoms with E-state index in [2.05, 4.69) is 11.7 Å². The van der Waals surface area contributed by atoms with E-state index < -0.39 is 0 Å². The van der Waals surface area contributed by atoms with Gasteiger partial charge >= 0.3 is 0 Å². The van der Waals surface area contributed by atoms with Crippen LogP contribution in [0.4, 0.5) is 0 Å². The highest BCUT2D eigenvalue weighted by Gasteiger charge is 2.15. The zero-order valence-corrected chi connectivity index (χ0v) is 8.58. The van der Waals surface area contributed by atoms with Gasteiger partial charge < -0.3 is 10.2 Å². The monoisotopic (exact) mass is 197 g/mol. The first-order valence-corrected chi connectivity index (χ1v) is 5.04. The Balaban J connectivity index is 2.16. The number of nitrogens with one attached hydrogen (secondary N) is 1. The molecular formula is C10H17N2O2. The van der Waals surface area contributed by atoms with Gasteiger partial charge in [-0.2, -0.15) is 0 Å². The van der Waals surface area contributed by atoms with E-state index in [0.29, 0.717) is 13.0 Å². The van der Waals surface area contributed by atoms with Crippen LogP contribution in [0, 0.1) is 6.42 Å². The van der Waals surface area contributed by atoms with E-state index in [-0.39, 0.29) is 11.8 Å². The number of amides is 2. The van der Waals surface area contributed by atoms with Gasteiger partial charge in [0, 0.05) is 33.0 Å². The van der Waals surface area contributed by atoms with Crippen LogP contribution < -0.4 is 5.32 Å². The number of hydrogen-bond donors (Lipinski definition) is 1. The first-order chi connectivity index (χ1) is 6.70. The summed E-state index contributed by atoms with van der Waals surface area (Å²) in [5.41, 5.74) is 0. The van der Waals surface area contributed by atoms with Crippen LogP contribution in [0.1, 0.15) is 26.2 Å². The number of likely N-dealkylation sites (tertiary alicyclic amines) is 1. The molecule has 0 saturated carbocycles. The summed E-state index contributed by atoms with van der Waals surface area (Å²) in [7, 11) is 0. The van der Waals surface area contributed by atoms with Gasteiger partial charge in [0.2, 0.25) is 11.8 Å². The predicted molar refractivity (Wildman–Crippen MR) is 53.4 cm³/mol. The Morgan fingerprint density at radius 3 is 2.57 bits per heavy atom. The molecule has 4 nitrogen and oxygen atoms in total. The lowest BCUT2D eigenvalue weighted by atomic mass is 10.1. The third-order valence-corrected chi connectivity index (χ3v) is 2.27. The van der Waals surface area contributed by atoms with Crippen molar-refractivity contribution in [3.8, 4) is 0 Å². The van der Waals surface area contributed by atoms with Crippen molar-refractivity contribution < 1.29 is 9.59 Å². The van der Waals surface area contributed by atoms with Crippen LogP contribution in [0.3, 0.4) is 0 Å². The van der Waals surface area contributed by atoms with Crippen molar-refractivity contribution in [3.05, 3.63) is 6.42 Å². The molecular weight excluding hydrogens is 180 g/mol. The van der Waals surface area contributed by atoms with Crippen LogP contribution in [0.2, 0.25) is 0 Å². The summed E-state index contributed by atoms with van der Waals surface area (Å²) >= 11 is 0. The Kier molecular flexibility index (Phi) is 4.43. The molecule has 2 amide bonds. The van der Waals surface area contributed by atoms with Gasteiger partial charge in [0.05, 0.1) is 0 Å². The smallest absolute Gasteiger partial charge is 0.224 e. The maximum atomic E-state index is 11.5. The van der Waals surface area contributed by atoms with Gasteiger partial charge in [-0.25, -0.2) is 0 Å². The van der Waals surface area contributed by atoms with Crippen LogP contribution in [0.5, 0.6) is 0 Å². The second-order valence-electron chi connectivity index (χ2n) is 3.48. The van der Waals surface area contributed by atoms with Crippen LogP contribution in [0.15, 0.2) is 0 Å². The molecule has 4 heteroatoms. The summed E-state index contributed by atoms with van der Waals surface area (Å²) in [5, 5.41) is 2.62. The lowest BCUT2D eigenvalue weighted by Crippen LogP contribution is -2.37. The van der Waals surface area contributed by atoms with Crippen molar-refractivity contribution in [3.63, 3.8) is 0 Å². The van der Waals surface area contributed by atoms with E-state index in [1.54, 1.807) is 0 Å². The van der Waals surface area contributed by atoms with Crippen molar-refractivity contribution >= 4 is 11.8 Å². The number of carbonyl (C=O) groups is 2.